The second-order valence-electron chi connectivity index (χ2n) is 7.43. The number of nitrogens with one attached hydrogen (secondary N) is 2. The Hall–Kier alpha value is -3.95. The first-order chi connectivity index (χ1) is 15.2. The molecule has 31 heavy (non-hydrogen) atoms. The molecule has 1 aliphatic carbocycles. The number of carbonyl (C=O) groups excluding carboxylic acids is 2. The first-order valence-corrected chi connectivity index (χ1v) is 10.1. The molecule has 5 rings (SSSR count). The molecule has 1 aliphatic heterocycles. The average Bonchev–Trinajstić information content (AvgIpc) is 3.55. The molecular weight excluding hydrogens is 400 g/mol. The molecule has 0 unspecified atom stereocenters. The summed E-state index contributed by atoms with van der Waals surface area (Å²) in [7, 11) is 0. The van der Waals surface area contributed by atoms with Gasteiger partial charge in [0.15, 0.2) is 11.5 Å². The van der Waals surface area contributed by atoms with Gasteiger partial charge in [-0.1, -0.05) is 12.8 Å². The van der Waals surface area contributed by atoms with E-state index in [4.69, 9.17) is 9.47 Å². The fourth-order valence-electron chi connectivity index (χ4n) is 3.65. The second kappa shape index (κ2) is 8.05. The van der Waals surface area contributed by atoms with E-state index in [1.165, 1.54) is 4.80 Å². The zero-order valence-electron chi connectivity index (χ0n) is 16.6. The van der Waals surface area contributed by atoms with Gasteiger partial charge in [0.05, 0.1) is 5.69 Å². The van der Waals surface area contributed by atoms with Crippen molar-refractivity contribution in [1.82, 2.24) is 25.5 Å². The van der Waals surface area contributed by atoms with E-state index in [-0.39, 0.29) is 30.5 Å². The number of nitrogens with zero attached hydrogens (tertiary/aromatic N) is 4. The molecule has 3 aromatic rings. The zero-order chi connectivity index (χ0) is 21.2. The minimum absolute atomic E-state index is 0.0343. The summed E-state index contributed by atoms with van der Waals surface area (Å²) < 4.78 is 10.6. The standard InChI is InChI=1S/C21H20N6O4/c28-20(13-5-10-17-18(11-13)31-12-30-17)22-15-6-8-16(9-7-15)27-25-19(24-26-27)21(29)23-14-3-1-2-4-14/h5-11,14H,1-4,12H2,(H,22,28)(H,23,29). The maximum Gasteiger partial charge on any atom is 0.293 e. The Labute approximate surface area is 177 Å². The van der Waals surface area contributed by atoms with Crippen molar-refractivity contribution in [3.8, 4) is 17.2 Å². The third-order valence-electron chi connectivity index (χ3n) is 5.30. The SMILES string of the molecule is O=C(Nc1ccc(-n2nnc(C(=O)NC3CCCC3)n2)cc1)c1ccc2c(c1)OCO2. The van der Waals surface area contributed by atoms with Crippen molar-refractivity contribution in [2.45, 2.75) is 31.7 Å². The lowest BCUT2D eigenvalue weighted by molar-refractivity contribution is 0.0926. The zero-order valence-corrected chi connectivity index (χ0v) is 16.6. The molecule has 2 aromatic carbocycles. The van der Waals surface area contributed by atoms with Gasteiger partial charge in [-0.2, -0.15) is 0 Å². The highest BCUT2D eigenvalue weighted by Gasteiger charge is 2.21. The predicted molar refractivity (Wildman–Crippen MR) is 109 cm³/mol. The van der Waals surface area contributed by atoms with E-state index >= 15 is 0 Å². The number of hydrogen-bond acceptors (Lipinski definition) is 7. The molecule has 2 amide bonds. The van der Waals surface area contributed by atoms with Crippen LogP contribution in [0.3, 0.4) is 0 Å². The molecule has 1 saturated carbocycles. The Morgan fingerprint density at radius 2 is 1.74 bits per heavy atom. The summed E-state index contributed by atoms with van der Waals surface area (Å²) in [6.07, 6.45) is 4.23. The normalized spacial score (nSPS) is 15.1. The number of hydrogen-bond donors (Lipinski definition) is 2. The van der Waals surface area contributed by atoms with Gasteiger partial charge in [-0.25, -0.2) is 0 Å². The van der Waals surface area contributed by atoms with Gasteiger partial charge < -0.3 is 20.1 Å². The number of amides is 2. The third kappa shape index (κ3) is 4.04. The van der Waals surface area contributed by atoms with Crippen molar-refractivity contribution in [3.63, 3.8) is 0 Å². The van der Waals surface area contributed by atoms with Crippen LogP contribution in [-0.4, -0.2) is 44.9 Å². The minimum Gasteiger partial charge on any atom is -0.454 e. The Bertz CT molecular complexity index is 1120. The Morgan fingerprint density at radius 3 is 2.55 bits per heavy atom. The van der Waals surface area contributed by atoms with Crippen molar-refractivity contribution < 1.29 is 19.1 Å². The Kier molecular flexibility index (Phi) is 4.95. The lowest BCUT2D eigenvalue weighted by Gasteiger charge is -2.09. The Balaban J connectivity index is 1.23. The first kappa shape index (κ1) is 19.0. The molecule has 2 heterocycles. The largest absolute Gasteiger partial charge is 0.454 e. The number of anilines is 1. The molecule has 10 nitrogen and oxygen atoms in total. The highest BCUT2D eigenvalue weighted by Crippen LogP contribution is 2.32. The van der Waals surface area contributed by atoms with E-state index < -0.39 is 0 Å². The van der Waals surface area contributed by atoms with Gasteiger partial charge in [0.2, 0.25) is 6.79 Å². The van der Waals surface area contributed by atoms with E-state index in [2.05, 4.69) is 26.0 Å². The van der Waals surface area contributed by atoms with E-state index in [9.17, 15) is 9.59 Å². The molecule has 0 atom stereocenters. The van der Waals surface area contributed by atoms with Crippen molar-refractivity contribution in [2.24, 2.45) is 0 Å². The lowest BCUT2D eigenvalue weighted by atomic mass is 10.2. The number of tetrazole rings is 1. The van der Waals surface area contributed by atoms with Crippen LogP contribution in [0.25, 0.3) is 5.69 Å². The number of carbonyl (C=O) groups is 2. The van der Waals surface area contributed by atoms with Crippen molar-refractivity contribution in [2.75, 3.05) is 12.1 Å². The van der Waals surface area contributed by atoms with Gasteiger partial charge in [0.1, 0.15) is 0 Å². The quantitative estimate of drug-likeness (QED) is 0.650. The van der Waals surface area contributed by atoms with E-state index in [1.807, 2.05) is 0 Å². The van der Waals surface area contributed by atoms with E-state index in [0.29, 0.717) is 28.4 Å². The molecule has 0 radical (unpaired) electrons. The fourth-order valence-corrected chi connectivity index (χ4v) is 3.65. The summed E-state index contributed by atoms with van der Waals surface area (Å²) in [5.41, 5.74) is 1.68. The fraction of sp³-hybridized carbons (Fsp3) is 0.286. The molecule has 2 N–H and O–H groups in total. The summed E-state index contributed by atoms with van der Waals surface area (Å²) in [5, 5.41) is 17.7. The van der Waals surface area contributed by atoms with Gasteiger partial charge in [-0.05, 0) is 60.5 Å². The van der Waals surface area contributed by atoms with Gasteiger partial charge in [-0.3, -0.25) is 9.59 Å². The summed E-state index contributed by atoms with van der Waals surface area (Å²) >= 11 is 0. The van der Waals surface area contributed by atoms with Crippen LogP contribution < -0.4 is 20.1 Å². The summed E-state index contributed by atoms with van der Waals surface area (Å²) in [6.45, 7) is 0.155. The molecule has 0 spiro atoms. The van der Waals surface area contributed by atoms with Crippen molar-refractivity contribution >= 4 is 17.5 Å². The van der Waals surface area contributed by atoms with Crippen LogP contribution >= 0.6 is 0 Å². The maximum absolute atomic E-state index is 12.5. The van der Waals surface area contributed by atoms with Gasteiger partial charge in [0.25, 0.3) is 17.6 Å². The molecule has 1 aromatic heterocycles. The van der Waals surface area contributed by atoms with Gasteiger partial charge >= 0.3 is 0 Å². The molecule has 10 heteroatoms. The third-order valence-corrected chi connectivity index (χ3v) is 5.30. The summed E-state index contributed by atoms with van der Waals surface area (Å²) in [4.78, 5) is 26.1. The van der Waals surface area contributed by atoms with Crippen LogP contribution in [0.15, 0.2) is 42.5 Å². The second-order valence-corrected chi connectivity index (χ2v) is 7.43. The van der Waals surface area contributed by atoms with E-state index in [1.54, 1.807) is 42.5 Å². The molecule has 2 aliphatic rings. The molecule has 0 saturated heterocycles. The topological polar surface area (TPSA) is 120 Å². The lowest BCUT2D eigenvalue weighted by Crippen LogP contribution is -2.33. The molecule has 1 fully saturated rings. The highest BCUT2D eigenvalue weighted by atomic mass is 16.7. The van der Waals surface area contributed by atoms with Crippen LogP contribution in [0, 0.1) is 0 Å². The predicted octanol–water partition coefficient (Wildman–Crippen LogP) is 2.32. The van der Waals surface area contributed by atoms with Crippen molar-refractivity contribution in [3.05, 3.63) is 53.9 Å². The van der Waals surface area contributed by atoms with E-state index in [0.717, 1.165) is 25.7 Å². The number of aromatic nitrogens is 4. The first-order valence-electron chi connectivity index (χ1n) is 10.1. The summed E-state index contributed by atoms with van der Waals surface area (Å²) in [5.74, 6) is 0.624. The number of ether oxygens (including phenoxy) is 2. The smallest absolute Gasteiger partial charge is 0.293 e. The van der Waals surface area contributed by atoms with Gasteiger partial charge in [0, 0.05) is 17.3 Å². The Morgan fingerprint density at radius 1 is 0.968 bits per heavy atom. The van der Waals surface area contributed by atoms with Crippen LogP contribution in [0.1, 0.15) is 46.7 Å². The maximum atomic E-state index is 12.5. The summed E-state index contributed by atoms with van der Waals surface area (Å²) in [6, 6.07) is 12.1. The van der Waals surface area contributed by atoms with Crippen LogP contribution in [-0.2, 0) is 0 Å². The minimum atomic E-state index is -0.314. The van der Waals surface area contributed by atoms with Crippen LogP contribution in [0.2, 0.25) is 0 Å². The number of rotatable bonds is 5. The van der Waals surface area contributed by atoms with Crippen molar-refractivity contribution in [1.29, 1.82) is 0 Å². The number of benzene rings is 2. The van der Waals surface area contributed by atoms with Gasteiger partial charge in [-0.15, -0.1) is 15.0 Å². The molecule has 0 bridgehead atoms. The molecule has 158 valence electrons. The van der Waals surface area contributed by atoms with Crippen LogP contribution in [0.4, 0.5) is 5.69 Å². The average molecular weight is 420 g/mol. The monoisotopic (exact) mass is 420 g/mol. The number of fused-ring (bicyclic) bond motifs is 1. The highest BCUT2D eigenvalue weighted by molar-refractivity contribution is 6.04. The molecular formula is C21H20N6O4. The van der Waals surface area contributed by atoms with Crippen LogP contribution in [0.5, 0.6) is 11.5 Å².